The average molecular weight is 342 g/mol. The number of rotatable bonds is 5. The van der Waals surface area contributed by atoms with Gasteiger partial charge in [0.15, 0.2) is 0 Å². The number of carbonyl (C=O) groups is 2. The number of nitrogens with zero attached hydrogens (tertiary/aromatic N) is 1. The SMILES string of the molecule is CCNC(=O)c1cc(NC(=O)CC2COCCN2)nc2ccccc12. The molecule has 2 aromatic rings. The number of hydrogen-bond acceptors (Lipinski definition) is 5. The Balaban J connectivity index is 1.80. The molecule has 3 N–H and O–H groups in total. The summed E-state index contributed by atoms with van der Waals surface area (Å²) in [5.41, 5.74) is 1.17. The smallest absolute Gasteiger partial charge is 0.252 e. The molecule has 0 bridgehead atoms. The van der Waals surface area contributed by atoms with Crippen LogP contribution in [-0.4, -0.2) is 49.1 Å². The number of fused-ring (bicyclic) bond motifs is 1. The van der Waals surface area contributed by atoms with E-state index in [2.05, 4.69) is 20.9 Å². The van der Waals surface area contributed by atoms with E-state index in [1.807, 2.05) is 31.2 Å². The number of amides is 2. The van der Waals surface area contributed by atoms with Gasteiger partial charge in [-0.25, -0.2) is 4.98 Å². The first kappa shape index (κ1) is 17.3. The predicted octanol–water partition coefficient (Wildman–Crippen LogP) is 1.30. The number of ether oxygens (including phenoxy) is 1. The zero-order chi connectivity index (χ0) is 17.6. The van der Waals surface area contributed by atoms with Crippen molar-refractivity contribution < 1.29 is 14.3 Å². The molecule has 7 heteroatoms. The van der Waals surface area contributed by atoms with Gasteiger partial charge in [-0.2, -0.15) is 0 Å². The molecule has 0 saturated carbocycles. The van der Waals surface area contributed by atoms with E-state index < -0.39 is 0 Å². The van der Waals surface area contributed by atoms with Crippen LogP contribution in [0.25, 0.3) is 10.9 Å². The van der Waals surface area contributed by atoms with Crippen LogP contribution < -0.4 is 16.0 Å². The molecule has 0 spiro atoms. The highest BCUT2D eigenvalue weighted by atomic mass is 16.5. The highest BCUT2D eigenvalue weighted by Gasteiger charge is 2.18. The first-order chi connectivity index (χ1) is 12.2. The minimum absolute atomic E-state index is 0.00272. The lowest BCUT2D eigenvalue weighted by Gasteiger charge is -2.23. The van der Waals surface area contributed by atoms with Crippen molar-refractivity contribution in [2.24, 2.45) is 0 Å². The van der Waals surface area contributed by atoms with Gasteiger partial charge < -0.3 is 20.7 Å². The number of carbonyl (C=O) groups excluding carboxylic acids is 2. The molecule has 1 atom stereocenters. The second kappa shape index (κ2) is 8.04. The first-order valence-corrected chi connectivity index (χ1v) is 8.46. The number of anilines is 1. The van der Waals surface area contributed by atoms with E-state index in [0.717, 1.165) is 11.9 Å². The average Bonchev–Trinajstić information content (AvgIpc) is 2.62. The Morgan fingerprint density at radius 1 is 1.36 bits per heavy atom. The molecule has 0 aliphatic carbocycles. The van der Waals surface area contributed by atoms with Crippen molar-refractivity contribution in [3.8, 4) is 0 Å². The van der Waals surface area contributed by atoms with E-state index in [1.54, 1.807) is 6.07 Å². The Bertz CT molecular complexity index is 772. The summed E-state index contributed by atoms with van der Waals surface area (Å²) in [6, 6.07) is 9.00. The second-order valence-electron chi connectivity index (χ2n) is 5.91. The molecule has 1 aromatic heterocycles. The van der Waals surface area contributed by atoms with Crippen molar-refractivity contribution in [2.75, 3.05) is 31.6 Å². The van der Waals surface area contributed by atoms with E-state index in [4.69, 9.17) is 4.74 Å². The summed E-state index contributed by atoms with van der Waals surface area (Å²) in [5.74, 6) is 0.0354. The summed E-state index contributed by atoms with van der Waals surface area (Å²) in [5, 5.41) is 9.59. The molecule has 1 fully saturated rings. The Morgan fingerprint density at radius 2 is 2.20 bits per heavy atom. The Kier molecular flexibility index (Phi) is 5.57. The van der Waals surface area contributed by atoms with Crippen LogP contribution in [0.15, 0.2) is 30.3 Å². The largest absolute Gasteiger partial charge is 0.378 e. The summed E-state index contributed by atoms with van der Waals surface area (Å²) in [7, 11) is 0. The van der Waals surface area contributed by atoms with Crippen LogP contribution in [0.2, 0.25) is 0 Å². The predicted molar refractivity (Wildman–Crippen MR) is 95.6 cm³/mol. The van der Waals surface area contributed by atoms with Gasteiger partial charge in [0.2, 0.25) is 5.91 Å². The quantitative estimate of drug-likeness (QED) is 0.762. The van der Waals surface area contributed by atoms with E-state index in [-0.39, 0.29) is 17.9 Å². The van der Waals surface area contributed by atoms with Gasteiger partial charge in [-0.1, -0.05) is 18.2 Å². The molecule has 25 heavy (non-hydrogen) atoms. The third kappa shape index (κ3) is 4.32. The number of para-hydroxylation sites is 1. The van der Waals surface area contributed by atoms with Crippen molar-refractivity contribution in [2.45, 2.75) is 19.4 Å². The number of pyridine rings is 1. The lowest BCUT2D eigenvalue weighted by atomic mass is 10.1. The molecule has 1 aliphatic heterocycles. The highest BCUT2D eigenvalue weighted by Crippen LogP contribution is 2.21. The fourth-order valence-corrected chi connectivity index (χ4v) is 2.85. The summed E-state index contributed by atoms with van der Waals surface area (Å²) in [6.07, 6.45) is 0.297. The summed E-state index contributed by atoms with van der Waals surface area (Å²) < 4.78 is 5.36. The number of morpholine rings is 1. The minimum Gasteiger partial charge on any atom is -0.378 e. The fourth-order valence-electron chi connectivity index (χ4n) is 2.85. The van der Waals surface area contributed by atoms with Gasteiger partial charge in [-0.3, -0.25) is 9.59 Å². The zero-order valence-corrected chi connectivity index (χ0v) is 14.2. The third-order valence-electron chi connectivity index (χ3n) is 4.00. The van der Waals surface area contributed by atoms with Crippen LogP contribution in [-0.2, 0) is 9.53 Å². The van der Waals surface area contributed by atoms with Crippen LogP contribution in [0.5, 0.6) is 0 Å². The Labute approximate surface area is 146 Å². The maximum atomic E-state index is 12.3. The van der Waals surface area contributed by atoms with Crippen LogP contribution in [0.3, 0.4) is 0 Å². The molecule has 3 rings (SSSR count). The number of nitrogens with one attached hydrogen (secondary N) is 3. The maximum absolute atomic E-state index is 12.3. The second-order valence-corrected chi connectivity index (χ2v) is 5.91. The molecule has 1 aliphatic rings. The van der Waals surface area contributed by atoms with Gasteiger partial charge in [0.1, 0.15) is 5.82 Å². The van der Waals surface area contributed by atoms with Crippen molar-refractivity contribution in [3.05, 3.63) is 35.9 Å². The normalized spacial score (nSPS) is 17.2. The minimum atomic E-state index is -0.182. The molecule has 1 aromatic carbocycles. The van der Waals surface area contributed by atoms with Gasteiger partial charge in [0, 0.05) is 30.9 Å². The van der Waals surface area contributed by atoms with Gasteiger partial charge in [-0.15, -0.1) is 0 Å². The molecule has 7 nitrogen and oxygen atoms in total. The summed E-state index contributed by atoms with van der Waals surface area (Å²) in [4.78, 5) is 29.1. The van der Waals surface area contributed by atoms with Crippen LogP contribution in [0.1, 0.15) is 23.7 Å². The third-order valence-corrected chi connectivity index (χ3v) is 4.00. The van der Waals surface area contributed by atoms with Crippen LogP contribution in [0, 0.1) is 0 Å². The number of aromatic nitrogens is 1. The van der Waals surface area contributed by atoms with Crippen molar-refractivity contribution >= 4 is 28.5 Å². The molecular formula is C18H22N4O3. The Hall–Kier alpha value is -2.51. The maximum Gasteiger partial charge on any atom is 0.252 e. The lowest BCUT2D eigenvalue weighted by molar-refractivity contribution is -0.117. The zero-order valence-electron chi connectivity index (χ0n) is 14.2. The molecule has 0 radical (unpaired) electrons. The van der Waals surface area contributed by atoms with E-state index >= 15 is 0 Å². The van der Waals surface area contributed by atoms with Gasteiger partial charge >= 0.3 is 0 Å². The highest BCUT2D eigenvalue weighted by molar-refractivity contribution is 6.07. The topological polar surface area (TPSA) is 92.4 Å². The van der Waals surface area contributed by atoms with Crippen molar-refractivity contribution in [3.63, 3.8) is 0 Å². The van der Waals surface area contributed by atoms with E-state index in [0.29, 0.717) is 43.1 Å². The fraction of sp³-hybridized carbons (Fsp3) is 0.389. The summed E-state index contributed by atoms with van der Waals surface area (Å²) in [6.45, 7) is 4.32. The number of benzene rings is 1. The van der Waals surface area contributed by atoms with E-state index in [1.165, 1.54) is 0 Å². The standard InChI is InChI=1S/C18H22N4O3/c1-2-19-18(24)14-10-16(21-15-6-4-3-5-13(14)15)22-17(23)9-12-11-25-8-7-20-12/h3-6,10,12,20H,2,7-9,11H2,1H3,(H,19,24)(H,21,22,23). The Morgan fingerprint density at radius 3 is 2.96 bits per heavy atom. The van der Waals surface area contributed by atoms with E-state index in [9.17, 15) is 9.59 Å². The van der Waals surface area contributed by atoms with Gasteiger partial charge in [0.25, 0.3) is 5.91 Å². The first-order valence-electron chi connectivity index (χ1n) is 8.46. The van der Waals surface area contributed by atoms with Crippen molar-refractivity contribution in [1.29, 1.82) is 0 Å². The molecular weight excluding hydrogens is 320 g/mol. The van der Waals surface area contributed by atoms with Crippen LogP contribution >= 0.6 is 0 Å². The van der Waals surface area contributed by atoms with Crippen molar-refractivity contribution in [1.82, 2.24) is 15.6 Å². The molecule has 132 valence electrons. The molecule has 1 unspecified atom stereocenters. The van der Waals surface area contributed by atoms with Crippen LogP contribution in [0.4, 0.5) is 5.82 Å². The summed E-state index contributed by atoms with van der Waals surface area (Å²) >= 11 is 0. The van der Waals surface area contributed by atoms with Gasteiger partial charge in [-0.05, 0) is 19.1 Å². The molecule has 2 heterocycles. The number of hydrogen-bond donors (Lipinski definition) is 3. The van der Waals surface area contributed by atoms with Gasteiger partial charge in [0.05, 0.1) is 24.3 Å². The molecule has 1 saturated heterocycles. The lowest BCUT2D eigenvalue weighted by Crippen LogP contribution is -2.43. The monoisotopic (exact) mass is 342 g/mol. The molecule has 2 amide bonds.